The number of hydrogen-bond donors (Lipinski definition) is 3. The van der Waals surface area contributed by atoms with Gasteiger partial charge in [-0.1, -0.05) is 24.3 Å². The molecule has 1 aromatic rings. The van der Waals surface area contributed by atoms with Gasteiger partial charge in [-0.2, -0.15) is 0 Å². The third kappa shape index (κ3) is 5.47. The quantitative estimate of drug-likeness (QED) is 0.389. The molecule has 118 valence electrons. The number of aliphatic imine (C=N–C) groups is 1. The van der Waals surface area contributed by atoms with E-state index in [1.54, 1.807) is 0 Å². The predicted molar refractivity (Wildman–Crippen MR) is 98.2 cm³/mol. The number of nitrogens with one attached hydrogen (secondary N) is 2. The van der Waals surface area contributed by atoms with Crippen LogP contribution < -0.4 is 10.6 Å². The van der Waals surface area contributed by atoms with E-state index in [1.807, 2.05) is 12.1 Å². The second kappa shape index (κ2) is 8.58. The molecule has 0 bridgehead atoms. The van der Waals surface area contributed by atoms with Gasteiger partial charge in [0.25, 0.3) is 0 Å². The summed E-state index contributed by atoms with van der Waals surface area (Å²) in [4.78, 5) is 4.62. The molecule has 0 unspecified atom stereocenters. The largest absolute Gasteiger partial charge is 0.396 e. The third-order valence-electron chi connectivity index (χ3n) is 3.94. The zero-order valence-electron chi connectivity index (χ0n) is 12.9. The topological polar surface area (TPSA) is 56.7 Å². The molecular weight excluding hydrogens is 377 g/mol. The summed E-state index contributed by atoms with van der Waals surface area (Å²) < 4.78 is 0. The lowest BCUT2D eigenvalue weighted by Crippen LogP contribution is -2.41. The molecule has 1 fully saturated rings. The lowest BCUT2D eigenvalue weighted by atomic mass is 10.1. The molecule has 5 heteroatoms. The molecule has 0 spiro atoms. The Morgan fingerprint density at radius 3 is 2.57 bits per heavy atom. The van der Waals surface area contributed by atoms with Crippen molar-refractivity contribution in [1.82, 2.24) is 10.6 Å². The van der Waals surface area contributed by atoms with E-state index in [0.717, 1.165) is 31.9 Å². The Kier molecular flexibility index (Phi) is 7.45. The van der Waals surface area contributed by atoms with Crippen molar-refractivity contribution in [1.29, 1.82) is 0 Å². The minimum Gasteiger partial charge on any atom is -0.396 e. The summed E-state index contributed by atoms with van der Waals surface area (Å²) in [6.45, 7) is 6.74. The molecule has 1 saturated carbocycles. The predicted octanol–water partition coefficient (Wildman–Crippen LogP) is 2.44. The lowest BCUT2D eigenvalue weighted by Gasteiger charge is -2.16. The maximum Gasteiger partial charge on any atom is 0.191 e. The van der Waals surface area contributed by atoms with Crippen LogP contribution in [-0.4, -0.2) is 30.8 Å². The normalized spacial score (nSPS) is 16.0. The molecule has 0 saturated heterocycles. The fraction of sp³-hybridized carbons (Fsp3) is 0.562. The maximum absolute atomic E-state index is 9.34. The van der Waals surface area contributed by atoms with E-state index in [-0.39, 0.29) is 36.0 Å². The van der Waals surface area contributed by atoms with E-state index in [9.17, 15) is 5.11 Å². The summed E-state index contributed by atoms with van der Waals surface area (Å²) in [5, 5.41) is 15.9. The van der Waals surface area contributed by atoms with Crippen molar-refractivity contribution in [3.05, 3.63) is 35.4 Å². The van der Waals surface area contributed by atoms with Crippen LogP contribution in [0.1, 0.15) is 30.9 Å². The highest BCUT2D eigenvalue weighted by molar-refractivity contribution is 14.0. The van der Waals surface area contributed by atoms with E-state index in [2.05, 4.69) is 41.6 Å². The minimum absolute atomic E-state index is 0. The second-order valence-electron chi connectivity index (χ2n) is 5.63. The van der Waals surface area contributed by atoms with Gasteiger partial charge in [0.2, 0.25) is 0 Å². The number of aliphatic hydroxyl groups is 1. The number of rotatable bonds is 6. The Balaban J connectivity index is 0.00000220. The van der Waals surface area contributed by atoms with Crippen LogP contribution in [-0.2, 0) is 6.54 Å². The Morgan fingerprint density at radius 2 is 2.00 bits per heavy atom. The van der Waals surface area contributed by atoms with Crippen molar-refractivity contribution in [3.63, 3.8) is 0 Å². The van der Waals surface area contributed by atoms with Gasteiger partial charge in [0.15, 0.2) is 5.96 Å². The van der Waals surface area contributed by atoms with Crippen LogP contribution in [0.25, 0.3) is 0 Å². The minimum atomic E-state index is 0. The van der Waals surface area contributed by atoms with Gasteiger partial charge >= 0.3 is 0 Å². The zero-order valence-corrected chi connectivity index (χ0v) is 15.2. The van der Waals surface area contributed by atoms with Gasteiger partial charge in [-0.05, 0) is 37.8 Å². The highest BCUT2D eigenvalue weighted by Gasteiger charge is 2.41. The highest BCUT2D eigenvalue weighted by atomic mass is 127. The van der Waals surface area contributed by atoms with Gasteiger partial charge in [-0.15, -0.1) is 24.0 Å². The summed E-state index contributed by atoms with van der Waals surface area (Å²) in [6.07, 6.45) is 2.21. The maximum atomic E-state index is 9.34. The number of halogens is 1. The van der Waals surface area contributed by atoms with Gasteiger partial charge in [-0.25, -0.2) is 4.99 Å². The Morgan fingerprint density at radius 1 is 1.29 bits per heavy atom. The van der Waals surface area contributed by atoms with Crippen molar-refractivity contribution in [2.45, 2.75) is 33.2 Å². The highest BCUT2D eigenvalue weighted by Crippen LogP contribution is 2.44. The van der Waals surface area contributed by atoms with Gasteiger partial charge in [0, 0.05) is 18.5 Å². The Labute approximate surface area is 144 Å². The number of aryl methyl sites for hydroxylation is 1. The van der Waals surface area contributed by atoms with Crippen molar-refractivity contribution in [2.75, 3.05) is 19.7 Å². The average molecular weight is 403 g/mol. The van der Waals surface area contributed by atoms with Gasteiger partial charge in [0.05, 0.1) is 13.2 Å². The first kappa shape index (κ1) is 18.2. The molecule has 1 aromatic carbocycles. The summed E-state index contributed by atoms with van der Waals surface area (Å²) in [5.74, 6) is 0.829. The van der Waals surface area contributed by atoms with E-state index >= 15 is 0 Å². The fourth-order valence-corrected chi connectivity index (χ4v) is 2.13. The first-order chi connectivity index (χ1) is 9.69. The molecular formula is C16H26IN3O. The van der Waals surface area contributed by atoms with E-state index in [0.29, 0.717) is 6.54 Å². The molecule has 0 heterocycles. The molecule has 1 aliphatic rings. The smallest absolute Gasteiger partial charge is 0.191 e. The monoisotopic (exact) mass is 403 g/mol. The van der Waals surface area contributed by atoms with Gasteiger partial charge in [0.1, 0.15) is 0 Å². The number of benzene rings is 1. The standard InChI is InChI=1S/C16H25N3O.HI/c1-3-17-15(19-11-16(12-20)8-9-16)18-10-14-7-5-4-6-13(14)2;/h4-7,20H,3,8-12H2,1-2H3,(H2,17,18,19);1H. The number of hydrogen-bond acceptors (Lipinski definition) is 2. The van der Waals surface area contributed by atoms with Crippen molar-refractivity contribution in [2.24, 2.45) is 10.4 Å². The van der Waals surface area contributed by atoms with Gasteiger partial charge in [-0.3, -0.25) is 0 Å². The van der Waals surface area contributed by atoms with Crippen molar-refractivity contribution in [3.8, 4) is 0 Å². The molecule has 0 atom stereocenters. The third-order valence-corrected chi connectivity index (χ3v) is 3.94. The molecule has 0 aromatic heterocycles. The van der Waals surface area contributed by atoms with Crippen molar-refractivity contribution >= 4 is 29.9 Å². The summed E-state index contributed by atoms with van der Waals surface area (Å²) in [5.41, 5.74) is 2.60. The first-order valence-corrected chi connectivity index (χ1v) is 7.37. The van der Waals surface area contributed by atoms with Gasteiger partial charge < -0.3 is 15.7 Å². The van der Waals surface area contributed by atoms with E-state index < -0.39 is 0 Å². The van der Waals surface area contributed by atoms with Crippen LogP contribution in [0.2, 0.25) is 0 Å². The molecule has 0 radical (unpaired) electrons. The molecule has 1 aliphatic carbocycles. The molecule has 21 heavy (non-hydrogen) atoms. The van der Waals surface area contributed by atoms with Crippen LogP contribution in [0.3, 0.4) is 0 Å². The Bertz CT molecular complexity index is 472. The number of guanidine groups is 1. The van der Waals surface area contributed by atoms with Crippen LogP contribution in [0.5, 0.6) is 0 Å². The van der Waals surface area contributed by atoms with E-state index in [4.69, 9.17) is 0 Å². The van der Waals surface area contributed by atoms with Crippen LogP contribution in [0, 0.1) is 12.3 Å². The summed E-state index contributed by atoms with van der Waals surface area (Å²) in [7, 11) is 0. The first-order valence-electron chi connectivity index (χ1n) is 7.37. The van der Waals surface area contributed by atoms with Crippen molar-refractivity contribution < 1.29 is 5.11 Å². The summed E-state index contributed by atoms with van der Waals surface area (Å²) >= 11 is 0. The molecule has 2 rings (SSSR count). The van der Waals surface area contributed by atoms with Crippen LogP contribution >= 0.6 is 24.0 Å². The lowest BCUT2D eigenvalue weighted by molar-refractivity contribution is 0.212. The molecule has 3 N–H and O–H groups in total. The number of aliphatic hydroxyl groups excluding tert-OH is 1. The fourth-order valence-electron chi connectivity index (χ4n) is 2.13. The SMILES string of the molecule is CCNC(=NCc1ccccc1C)NCC1(CO)CC1.I. The second-order valence-corrected chi connectivity index (χ2v) is 5.63. The summed E-state index contributed by atoms with van der Waals surface area (Å²) in [6, 6.07) is 8.31. The molecule has 0 amide bonds. The average Bonchev–Trinajstić information content (AvgIpc) is 3.24. The zero-order chi connectivity index (χ0) is 14.4. The number of nitrogens with zero attached hydrogens (tertiary/aromatic N) is 1. The van der Waals surface area contributed by atoms with Crippen LogP contribution in [0.4, 0.5) is 0 Å². The molecule has 4 nitrogen and oxygen atoms in total. The Hall–Kier alpha value is -0.820. The van der Waals surface area contributed by atoms with Crippen LogP contribution in [0.15, 0.2) is 29.3 Å². The van der Waals surface area contributed by atoms with E-state index in [1.165, 1.54) is 11.1 Å². The molecule has 0 aliphatic heterocycles.